The van der Waals surface area contributed by atoms with E-state index >= 15 is 0 Å². The fourth-order valence-electron chi connectivity index (χ4n) is 4.17. The van der Waals surface area contributed by atoms with Gasteiger partial charge in [-0.1, -0.05) is 29.5 Å². The second-order valence-electron chi connectivity index (χ2n) is 7.13. The van der Waals surface area contributed by atoms with Crippen molar-refractivity contribution in [3.8, 4) is 0 Å². The van der Waals surface area contributed by atoms with E-state index in [0.29, 0.717) is 6.54 Å². The van der Waals surface area contributed by atoms with Gasteiger partial charge in [-0.15, -0.1) is 5.10 Å². The second-order valence-corrected chi connectivity index (χ2v) is 7.13. The van der Waals surface area contributed by atoms with Gasteiger partial charge in [0.15, 0.2) is 5.69 Å². The van der Waals surface area contributed by atoms with Crippen molar-refractivity contribution < 1.29 is 9.90 Å². The normalized spacial score (nSPS) is 22.2. The number of rotatable bonds is 4. The summed E-state index contributed by atoms with van der Waals surface area (Å²) in [6.07, 6.45) is 5.79. The van der Waals surface area contributed by atoms with Gasteiger partial charge in [0.05, 0.1) is 24.3 Å². The molecule has 0 bridgehead atoms. The molecule has 3 aromatic rings. The Morgan fingerprint density at radius 3 is 2.67 bits per heavy atom. The van der Waals surface area contributed by atoms with Crippen LogP contribution in [0.1, 0.15) is 52.0 Å². The van der Waals surface area contributed by atoms with Crippen LogP contribution in [0.5, 0.6) is 0 Å². The Morgan fingerprint density at radius 1 is 1.19 bits per heavy atom. The molecule has 0 saturated carbocycles. The minimum atomic E-state index is -1.07. The third-order valence-corrected chi connectivity index (χ3v) is 5.50. The van der Waals surface area contributed by atoms with Gasteiger partial charge in [-0.3, -0.25) is 0 Å². The summed E-state index contributed by atoms with van der Waals surface area (Å²) in [5.41, 5.74) is 2.72. The Hall–Kier alpha value is -3.07. The number of carboxylic acid groups (broad SMARTS) is 1. The summed E-state index contributed by atoms with van der Waals surface area (Å²) < 4.78 is 3.67. The van der Waals surface area contributed by atoms with Crippen LogP contribution in [-0.2, 0) is 12.8 Å². The highest BCUT2D eigenvalue weighted by Gasteiger charge is 2.33. The fourth-order valence-corrected chi connectivity index (χ4v) is 4.17. The lowest BCUT2D eigenvalue weighted by molar-refractivity contribution is 0.0690. The zero-order valence-corrected chi connectivity index (χ0v) is 14.6. The molecule has 9 nitrogen and oxygen atoms in total. The van der Waals surface area contributed by atoms with E-state index in [2.05, 4.69) is 50.0 Å². The van der Waals surface area contributed by atoms with Crippen LogP contribution in [0, 0.1) is 0 Å². The molecule has 9 heteroatoms. The molecule has 2 N–H and O–H groups in total. The van der Waals surface area contributed by atoms with Gasteiger partial charge in [0.25, 0.3) is 0 Å². The monoisotopic (exact) mass is 365 g/mol. The van der Waals surface area contributed by atoms with Crippen molar-refractivity contribution in [1.29, 1.82) is 0 Å². The fraction of sp³-hybridized carbons (Fsp3) is 0.389. The zero-order chi connectivity index (χ0) is 18.4. The smallest absolute Gasteiger partial charge is 0.358 e. The molecule has 1 aromatic carbocycles. The molecule has 0 spiro atoms. The first-order chi connectivity index (χ1) is 13.2. The Labute approximate surface area is 155 Å². The summed E-state index contributed by atoms with van der Waals surface area (Å²) >= 11 is 0. The number of nitrogens with zero attached hydrogens (tertiary/aromatic N) is 6. The summed E-state index contributed by atoms with van der Waals surface area (Å²) in [5, 5.41) is 24.7. The molecular weight excluding hydrogens is 346 g/mol. The maximum Gasteiger partial charge on any atom is 0.358 e. The molecule has 0 unspecified atom stereocenters. The number of fused-ring (bicyclic) bond motifs is 1. The molecule has 5 rings (SSSR count). The number of nitrogens with one attached hydrogen (secondary N) is 1. The molecule has 2 aliphatic rings. The Kier molecular flexibility index (Phi) is 3.75. The highest BCUT2D eigenvalue weighted by atomic mass is 16.4. The van der Waals surface area contributed by atoms with Gasteiger partial charge in [-0.25, -0.2) is 19.1 Å². The van der Waals surface area contributed by atoms with Crippen LogP contribution < -0.4 is 5.32 Å². The molecule has 1 aliphatic heterocycles. The average molecular weight is 365 g/mol. The highest BCUT2D eigenvalue weighted by molar-refractivity contribution is 5.84. The summed E-state index contributed by atoms with van der Waals surface area (Å²) in [6.45, 7) is 0.685. The predicted octanol–water partition coefficient (Wildman–Crippen LogP) is 1.18. The van der Waals surface area contributed by atoms with Gasteiger partial charge in [0.2, 0.25) is 0 Å². The molecule has 3 heterocycles. The number of carbonyl (C=O) groups is 1. The van der Waals surface area contributed by atoms with Crippen molar-refractivity contribution in [2.75, 3.05) is 6.54 Å². The number of benzene rings is 1. The lowest BCUT2D eigenvalue weighted by Crippen LogP contribution is -2.22. The van der Waals surface area contributed by atoms with E-state index < -0.39 is 5.97 Å². The van der Waals surface area contributed by atoms with Crippen LogP contribution in [0.15, 0.2) is 36.8 Å². The van der Waals surface area contributed by atoms with Crippen molar-refractivity contribution in [3.63, 3.8) is 0 Å². The van der Waals surface area contributed by atoms with Gasteiger partial charge in [-0.05, 0) is 30.4 Å². The predicted molar refractivity (Wildman–Crippen MR) is 94.3 cm³/mol. The highest BCUT2D eigenvalue weighted by Crippen LogP contribution is 2.34. The lowest BCUT2D eigenvalue weighted by Gasteiger charge is -2.17. The third-order valence-electron chi connectivity index (χ3n) is 5.50. The average Bonchev–Trinajstić information content (AvgIpc) is 3.46. The van der Waals surface area contributed by atoms with Gasteiger partial charge in [0.1, 0.15) is 12.2 Å². The number of carboxylic acids is 1. The Morgan fingerprint density at radius 2 is 1.96 bits per heavy atom. The summed E-state index contributed by atoms with van der Waals surface area (Å²) in [7, 11) is 0. The number of aromatic nitrogens is 6. The van der Waals surface area contributed by atoms with Crippen LogP contribution in [0.25, 0.3) is 0 Å². The van der Waals surface area contributed by atoms with Crippen LogP contribution >= 0.6 is 0 Å². The summed E-state index contributed by atoms with van der Waals surface area (Å²) in [6, 6.07) is 8.90. The molecule has 138 valence electrons. The van der Waals surface area contributed by atoms with E-state index in [0.717, 1.165) is 25.1 Å². The molecule has 1 saturated heterocycles. The van der Waals surface area contributed by atoms with Crippen molar-refractivity contribution in [1.82, 2.24) is 35.1 Å². The summed E-state index contributed by atoms with van der Waals surface area (Å²) in [4.78, 5) is 15.5. The number of aromatic carboxylic acids is 1. The van der Waals surface area contributed by atoms with Crippen LogP contribution in [0.4, 0.5) is 0 Å². The first-order valence-electron chi connectivity index (χ1n) is 9.03. The van der Waals surface area contributed by atoms with Crippen LogP contribution in [0.2, 0.25) is 0 Å². The van der Waals surface area contributed by atoms with Crippen LogP contribution in [-0.4, -0.2) is 47.4 Å². The SMILES string of the molecule is O=C(O)c1cn([C@@H]2CN[C@H](c3ncnn3C3Cc4ccccc4C3)C2)nn1. The van der Waals surface area contributed by atoms with E-state index in [1.165, 1.54) is 17.3 Å². The number of hydrogen-bond donors (Lipinski definition) is 2. The molecule has 2 atom stereocenters. The Balaban J connectivity index is 1.34. The molecule has 1 aliphatic carbocycles. The third kappa shape index (κ3) is 2.80. The molecule has 2 aromatic heterocycles. The maximum absolute atomic E-state index is 11.0. The van der Waals surface area contributed by atoms with Crippen molar-refractivity contribution >= 4 is 5.97 Å². The lowest BCUT2D eigenvalue weighted by atomic mass is 10.1. The van der Waals surface area contributed by atoms with E-state index in [9.17, 15) is 4.79 Å². The van der Waals surface area contributed by atoms with Gasteiger partial charge in [0, 0.05) is 6.54 Å². The first-order valence-corrected chi connectivity index (χ1v) is 9.03. The topological polar surface area (TPSA) is 111 Å². The number of hydrogen-bond acceptors (Lipinski definition) is 6. The molecule has 27 heavy (non-hydrogen) atoms. The summed E-state index contributed by atoms with van der Waals surface area (Å²) in [5.74, 6) is -0.141. The van der Waals surface area contributed by atoms with E-state index in [4.69, 9.17) is 5.11 Å². The Bertz CT molecular complexity index is 970. The minimum Gasteiger partial charge on any atom is -0.476 e. The van der Waals surface area contributed by atoms with Crippen LogP contribution in [0.3, 0.4) is 0 Å². The van der Waals surface area contributed by atoms with E-state index in [-0.39, 0.29) is 23.8 Å². The van der Waals surface area contributed by atoms with Gasteiger partial charge < -0.3 is 10.4 Å². The minimum absolute atomic E-state index is 0.0367. The maximum atomic E-state index is 11.0. The molecular formula is C18H19N7O2. The molecule has 1 fully saturated rings. The van der Waals surface area contributed by atoms with Crippen molar-refractivity contribution in [3.05, 3.63) is 59.4 Å². The zero-order valence-electron chi connectivity index (χ0n) is 14.6. The quantitative estimate of drug-likeness (QED) is 0.714. The largest absolute Gasteiger partial charge is 0.476 e. The first kappa shape index (κ1) is 16.1. The van der Waals surface area contributed by atoms with Gasteiger partial charge >= 0.3 is 5.97 Å². The van der Waals surface area contributed by atoms with Gasteiger partial charge in [-0.2, -0.15) is 5.10 Å². The van der Waals surface area contributed by atoms with E-state index in [1.807, 2.05) is 4.68 Å². The molecule has 0 amide bonds. The second kappa shape index (κ2) is 6.27. The molecule has 0 radical (unpaired) electrons. The van der Waals surface area contributed by atoms with Crippen molar-refractivity contribution in [2.24, 2.45) is 0 Å². The van der Waals surface area contributed by atoms with Crippen molar-refractivity contribution in [2.45, 2.75) is 37.4 Å². The standard InChI is InChI=1S/C18H19N7O2/c26-18(27)16-9-24(23-22-16)14-7-15(19-8-14)17-20-10-21-25(17)13-5-11-3-1-2-4-12(11)6-13/h1-4,9-10,13-15,19H,5-8H2,(H,26,27)/t14-,15-/m0/s1. The van der Waals surface area contributed by atoms with E-state index in [1.54, 1.807) is 11.0 Å².